The van der Waals surface area contributed by atoms with Crippen LogP contribution in [0.5, 0.6) is 23.0 Å². The molecule has 0 aliphatic rings. The van der Waals surface area contributed by atoms with E-state index >= 15 is 0 Å². The second-order valence-corrected chi connectivity index (χ2v) is 8.46. The number of para-hydroxylation sites is 2. The minimum atomic E-state index is -0.667. The van der Waals surface area contributed by atoms with E-state index in [0.29, 0.717) is 29.2 Å². The van der Waals surface area contributed by atoms with E-state index in [-0.39, 0.29) is 22.8 Å². The van der Waals surface area contributed by atoms with Crippen molar-refractivity contribution in [1.82, 2.24) is 14.1 Å². The maximum absolute atomic E-state index is 12.7. The highest BCUT2D eigenvalue weighted by molar-refractivity contribution is 6.10. The number of phenols is 2. The van der Waals surface area contributed by atoms with Gasteiger partial charge in [-0.15, -0.1) is 14.1 Å². The molecule has 180 valence electrons. The molecule has 0 aliphatic heterocycles. The summed E-state index contributed by atoms with van der Waals surface area (Å²) >= 11 is 0. The second kappa shape index (κ2) is 8.42. The summed E-state index contributed by atoms with van der Waals surface area (Å²) in [5.74, 6) is 0.444. The van der Waals surface area contributed by atoms with Crippen LogP contribution in [0.4, 0.5) is 0 Å². The molecule has 8 heteroatoms. The van der Waals surface area contributed by atoms with E-state index in [4.69, 9.17) is 9.47 Å². The standard InChI is InChI=1S/C28H23N3O5/c1-2-27(35-19-12-14-21(25(32)16-19)28(34)18-8-4-3-5-9-18)36-20-13-15-24(26(33)17-20)31-29-22-10-6-7-11-23(22)30(29)31/h3-17,27,32-33H,2H2,1H3. The first-order chi connectivity index (χ1) is 17.5. The molecule has 0 saturated heterocycles. The van der Waals surface area contributed by atoms with Gasteiger partial charge >= 0.3 is 0 Å². The molecule has 0 radical (unpaired) electrons. The SMILES string of the molecule is CCC(Oc1ccc(C(=O)c2ccccc2)c(O)c1)Oc1ccc(-n2n3c4ccccc4n23)c(O)c1. The number of rotatable bonds is 8. The Labute approximate surface area is 206 Å². The summed E-state index contributed by atoms with van der Waals surface area (Å²) in [5, 5.41) is 21.1. The quantitative estimate of drug-likeness (QED) is 0.229. The van der Waals surface area contributed by atoms with Crippen LogP contribution in [-0.2, 0) is 0 Å². The van der Waals surface area contributed by atoms with Crippen LogP contribution in [0.3, 0.4) is 0 Å². The minimum absolute atomic E-state index is 0.0732. The molecule has 1 unspecified atom stereocenters. The van der Waals surface area contributed by atoms with E-state index in [0.717, 1.165) is 11.0 Å². The maximum atomic E-state index is 12.7. The molecule has 0 spiro atoms. The van der Waals surface area contributed by atoms with Crippen LogP contribution >= 0.6 is 0 Å². The predicted molar refractivity (Wildman–Crippen MR) is 134 cm³/mol. The van der Waals surface area contributed by atoms with Gasteiger partial charge in [-0.2, -0.15) is 0 Å². The van der Waals surface area contributed by atoms with Crippen molar-refractivity contribution in [1.29, 1.82) is 0 Å². The fraction of sp³-hybridized carbons (Fsp3) is 0.107. The smallest absolute Gasteiger partial charge is 0.240 e. The topological polar surface area (TPSA) is 89.7 Å². The van der Waals surface area contributed by atoms with Gasteiger partial charge in [-0.05, 0) is 36.4 Å². The highest BCUT2D eigenvalue weighted by Gasteiger charge is 2.25. The van der Waals surface area contributed by atoms with Crippen LogP contribution in [0.15, 0.2) is 91.0 Å². The predicted octanol–water partition coefficient (Wildman–Crippen LogP) is 5.26. The van der Waals surface area contributed by atoms with Gasteiger partial charge < -0.3 is 19.7 Å². The van der Waals surface area contributed by atoms with Crippen molar-refractivity contribution < 1.29 is 24.5 Å². The van der Waals surface area contributed by atoms with Gasteiger partial charge in [0.15, 0.2) is 5.78 Å². The lowest BCUT2D eigenvalue weighted by Crippen LogP contribution is -2.23. The zero-order chi connectivity index (χ0) is 24.8. The summed E-state index contributed by atoms with van der Waals surface area (Å²) in [4.78, 5) is 14.5. The molecule has 2 aromatic heterocycles. The molecule has 0 fully saturated rings. The highest BCUT2D eigenvalue weighted by atomic mass is 16.7. The first-order valence-corrected chi connectivity index (χ1v) is 11.6. The summed E-state index contributed by atoms with van der Waals surface area (Å²) in [6, 6.07) is 26.4. The van der Waals surface area contributed by atoms with Crippen molar-refractivity contribution >= 4 is 16.8 Å². The minimum Gasteiger partial charge on any atom is -0.507 e. The van der Waals surface area contributed by atoms with Gasteiger partial charge in [0.2, 0.25) is 6.29 Å². The number of carbonyl (C=O) groups is 1. The Bertz CT molecular complexity index is 1640. The van der Waals surface area contributed by atoms with Crippen LogP contribution in [0, 0.1) is 0 Å². The van der Waals surface area contributed by atoms with Crippen LogP contribution in [0.1, 0.15) is 29.3 Å². The van der Waals surface area contributed by atoms with Crippen LogP contribution in [-0.4, -0.2) is 36.3 Å². The van der Waals surface area contributed by atoms with Crippen molar-refractivity contribution in [2.24, 2.45) is 0 Å². The van der Waals surface area contributed by atoms with Gasteiger partial charge in [0.05, 0.1) is 5.56 Å². The first kappa shape index (κ1) is 21.7. The molecule has 0 saturated carbocycles. The molecule has 1 atom stereocenters. The van der Waals surface area contributed by atoms with Crippen molar-refractivity contribution in [2.75, 3.05) is 0 Å². The molecule has 0 amide bonds. The first-order valence-electron chi connectivity index (χ1n) is 11.6. The zero-order valence-electron chi connectivity index (χ0n) is 19.4. The van der Waals surface area contributed by atoms with Crippen LogP contribution in [0.25, 0.3) is 16.7 Å². The maximum Gasteiger partial charge on any atom is 0.240 e. The molecule has 8 nitrogen and oxygen atoms in total. The fourth-order valence-electron chi connectivity index (χ4n) is 4.26. The third-order valence-corrected chi connectivity index (χ3v) is 6.10. The van der Waals surface area contributed by atoms with E-state index in [1.807, 2.05) is 51.3 Å². The van der Waals surface area contributed by atoms with Crippen molar-refractivity contribution in [3.05, 3.63) is 102 Å². The average molecular weight is 482 g/mol. The molecule has 0 aliphatic carbocycles. The number of hydrogen-bond donors (Lipinski definition) is 2. The van der Waals surface area contributed by atoms with Crippen molar-refractivity contribution in [3.63, 3.8) is 0 Å². The van der Waals surface area contributed by atoms with E-state index in [2.05, 4.69) is 0 Å². The number of hydrogen-bond acceptors (Lipinski definition) is 5. The van der Waals surface area contributed by atoms with Gasteiger partial charge in [-0.1, -0.05) is 49.4 Å². The Kier molecular flexibility index (Phi) is 5.07. The normalized spacial score (nSPS) is 12.4. The fourth-order valence-corrected chi connectivity index (χ4v) is 4.26. The molecule has 0 bridgehead atoms. The molecule has 6 rings (SSSR count). The number of fused-ring (bicyclic) bond motifs is 4. The summed E-state index contributed by atoms with van der Waals surface area (Å²) in [6.45, 7) is 1.90. The Hall–Kier alpha value is -4.85. The monoisotopic (exact) mass is 481 g/mol. The summed E-state index contributed by atoms with van der Waals surface area (Å²) in [5.41, 5.74) is 3.48. The van der Waals surface area contributed by atoms with E-state index in [1.54, 1.807) is 48.5 Å². The Balaban J connectivity index is 1.16. The largest absolute Gasteiger partial charge is 0.507 e. The highest BCUT2D eigenvalue weighted by Crippen LogP contribution is 2.33. The summed E-state index contributed by atoms with van der Waals surface area (Å²) in [6.07, 6.45) is -0.156. The summed E-state index contributed by atoms with van der Waals surface area (Å²) in [7, 11) is 0. The Morgan fingerprint density at radius 3 is 1.94 bits per heavy atom. The lowest BCUT2D eigenvalue weighted by Gasteiger charge is -2.20. The Morgan fingerprint density at radius 2 is 1.36 bits per heavy atom. The number of benzene rings is 4. The number of nitrogens with zero attached hydrogens (tertiary/aromatic N) is 3. The molecular formula is C28H23N3O5. The number of aromatic hydroxyl groups is 2. The van der Waals surface area contributed by atoms with Gasteiger partial charge in [-0.3, -0.25) is 4.79 Å². The van der Waals surface area contributed by atoms with Crippen LogP contribution in [0.2, 0.25) is 0 Å². The number of carbonyl (C=O) groups excluding carboxylic acids is 1. The van der Waals surface area contributed by atoms with E-state index in [1.165, 1.54) is 12.1 Å². The van der Waals surface area contributed by atoms with E-state index < -0.39 is 6.29 Å². The van der Waals surface area contributed by atoms with E-state index in [9.17, 15) is 15.0 Å². The number of ether oxygens (including phenoxy) is 2. The van der Waals surface area contributed by atoms with Gasteiger partial charge in [0, 0.05) is 24.1 Å². The third-order valence-electron chi connectivity index (χ3n) is 6.10. The average Bonchev–Trinajstić information content (AvgIpc) is 3.55. The van der Waals surface area contributed by atoms with Crippen LogP contribution < -0.4 is 9.47 Å². The van der Waals surface area contributed by atoms with Gasteiger partial charge in [0.1, 0.15) is 39.7 Å². The lowest BCUT2D eigenvalue weighted by molar-refractivity contribution is 0.00307. The van der Waals surface area contributed by atoms with Gasteiger partial charge in [-0.25, -0.2) is 0 Å². The molecule has 2 N–H and O–H groups in total. The molecule has 36 heavy (non-hydrogen) atoms. The zero-order valence-corrected chi connectivity index (χ0v) is 19.4. The number of ketones is 1. The summed E-state index contributed by atoms with van der Waals surface area (Å²) < 4.78 is 15.8. The molecule has 6 aromatic rings. The number of aromatic nitrogens is 3. The molecular weight excluding hydrogens is 458 g/mol. The lowest BCUT2D eigenvalue weighted by atomic mass is 10.0. The van der Waals surface area contributed by atoms with Crippen molar-refractivity contribution in [2.45, 2.75) is 19.6 Å². The van der Waals surface area contributed by atoms with Crippen molar-refractivity contribution in [3.8, 4) is 28.7 Å². The third kappa shape index (κ3) is 3.60. The van der Waals surface area contributed by atoms with Gasteiger partial charge in [0.25, 0.3) is 0 Å². The molecule has 2 heterocycles. The number of phenolic OH excluding ortho intramolecular Hbond substituents is 2. The molecule has 4 aromatic carbocycles. The Morgan fingerprint density at radius 1 is 0.778 bits per heavy atom. The second-order valence-electron chi connectivity index (χ2n) is 8.46.